The van der Waals surface area contributed by atoms with Crippen molar-refractivity contribution in [3.63, 3.8) is 0 Å². The average molecular weight is 327 g/mol. The van der Waals surface area contributed by atoms with E-state index in [1.165, 1.54) is 15.8 Å². The standard InChI is InChI=1S/C18H21N3O3/c22-17(12-5-8-20(9-6-12)18(23)24)21-10-7-14-13-3-1-2-4-15(13)19-16(14)11-21/h1-4,12,19H,5-11H2,(H,23,24). The van der Waals surface area contributed by atoms with E-state index in [2.05, 4.69) is 17.1 Å². The van der Waals surface area contributed by atoms with Crippen LogP contribution in [0.2, 0.25) is 0 Å². The van der Waals surface area contributed by atoms with Crippen LogP contribution in [0.3, 0.4) is 0 Å². The normalized spacial score (nSPS) is 18.7. The number of aromatic nitrogens is 1. The summed E-state index contributed by atoms with van der Waals surface area (Å²) in [7, 11) is 0. The topological polar surface area (TPSA) is 76.6 Å². The number of nitrogens with one attached hydrogen (secondary N) is 1. The van der Waals surface area contributed by atoms with Crippen molar-refractivity contribution in [1.29, 1.82) is 0 Å². The van der Waals surface area contributed by atoms with Gasteiger partial charge in [-0.1, -0.05) is 18.2 Å². The van der Waals surface area contributed by atoms with Gasteiger partial charge in [0, 0.05) is 42.1 Å². The summed E-state index contributed by atoms with van der Waals surface area (Å²) in [5.74, 6) is 0.121. The molecule has 0 bridgehead atoms. The highest BCUT2D eigenvalue weighted by Crippen LogP contribution is 2.29. The monoisotopic (exact) mass is 327 g/mol. The summed E-state index contributed by atoms with van der Waals surface area (Å²) in [4.78, 5) is 30.6. The zero-order chi connectivity index (χ0) is 16.7. The Kier molecular flexibility index (Phi) is 3.67. The first-order valence-corrected chi connectivity index (χ1v) is 8.48. The van der Waals surface area contributed by atoms with Gasteiger partial charge in [-0.25, -0.2) is 4.79 Å². The number of amides is 2. The maximum Gasteiger partial charge on any atom is 0.407 e. The fraction of sp³-hybridized carbons (Fsp3) is 0.444. The maximum absolute atomic E-state index is 12.8. The smallest absolute Gasteiger partial charge is 0.407 e. The summed E-state index contributed by atoms with van der Waals surface area (Å²) in [6.07, 6.45) is 1.24. The van der Waals surface area contributed by atoms with Crippen molar-refractivity contribution < 1.29 is 14.7 Å². The molecule has 0 radical (unpaired) electrons. The van der Waals surface area contributed by atoms with Crippen LogP contribution in [0.25, 0.3) is 10.9 Å². The fourth-order valence-electron chi connectivity index (χ4n) is 3.96. The molecule has 1 aromatic heterocycles. The van der Waals surface area contributed by atoms with Crippen molar-refractivity contribution >= 4 is 22.9 Å². The zero-order valence-corrected chi connectivity index (χ0v) is 13.5. The van der Waals surface area contributed by atoms with E-state index in [-0.39, 0.29) is 11.8 Å². The second kappa shape index (κ2) is 5.85. The van der Waals surface area contributed by atoms with E-state index in [1.807, 2.05) is 17.0 Å². The first-order valence-electron chi connectivity index (χ1n) is 8.48. The van der Waals surface area contributed by atoms with Gasteiger partial charge in [-0.15, -0.1) is 0 Å². The molecule has 1 saturated heterocycles. The van der Waals surface area contributed by atoms with E-state index in [0.717, 1.165) is 24.2 Å². The number of nitrogens with zero attached hydrogens (tertiary/aromatic N) is 2. The van der Waals surface area contributed by atoms with Crippen molar-refractivity contribution in [3.8, 4) is 0 Å². The van der Waals surface area contributed by atoms with Crippen LogP contribution in [-0.2, 0) is 17.8 Å². The van der Waals surface area contributed by atoms with E-state index in [0.29, 0.717) is 32.5 Å². The van der Waals surface area contributed by atoms with Crippen molar-refractivity contribution in [1.82, 2.24) is 14.8 Å². The summed E-state index contributed by atoms with van der Waals surface area (Å²) in [6.45, 7) is 2.28. The molecule has 1 aromatic carbocycles. The van der Waals surface area contributed by atoms with E-state index in [1.54, 1.807) is 0 Å². The Morgan fingerprint density at radius 3 is 2.58 bits per heavy atom. The molecule has 2 amide bonds. The summed E-state index contributed by atoms with van der Waals surface area (Å²) in [5.41, 5.74) is 3.60. The van der Waals surface area contributed by atoms with Crippen molar-refractivity contribution in [3.05, 3.63) is 35.5 Å². The molecule has 0 spiro atoms. The Balaban J connectivity index is 1.47. The Labute approximate surface area is 140 Å². The predicted molar refractivity (Wildman–Crippen MR) is 89.7 cm³/mol. The lowest BCUT2D eigenvalue weighted by atomic mass is 9.94. The number of fused-ring (bicyclic) bond motifs is 3. The molecule has 0 unspecified atom stereocenters. The zero-order valence-electron chi connectivity index (χ0n) is 13.5. The molecule has 0 saturated carbocycles. The number of carbonyl (C=O) groups is 2. The van der Waals surface area contributed by atoms with Gasteiger partial charge in [-0.05, 0) is 30.9 Å². The maximum atomic E-state index is 12.8. The molecular weight excluding hydrogens is 306 g/mol. The number of hydrogen-bond acceptors (Lipinski definition) is 2. The minimum Gasteiger partial charge on any atom is -0.465 e. The van der Waals surface area contributed by atoms with E-state index < -0.39 is 6.09 Å². The summed E-state index contributed by atoms with van der Waals surface area (Å²) < 4.78 is 0. The predicted octanol–water partition coefficient (Wildman–Crippen LogP) is 2.44. The molecule has 24 heavy (non-hydrogen) atoms. The van der Waals surface area contributed by atoms with Crippen LogP contribution < -0.4 is 0 Å². The number of carbonyl (C=O) groups excluding carboxylic acids is 1. The van der Waals surface area contributed by atoms with Gasteiger partial charge >= 0.3 is 6.09 Å². The molecule has 4 rings (SSSR count). The van der Waals surface area contributed by atoms with Crippen LogP contribution in [0.1, 0.15) is 24.1 Å². The highest BCUT2D eigenvalue weighted by Gasteiger charge is 2.32. The fourth-order valence-corrected chi connectivity index (χ4v) is 3.96. The molecule has 2 aliphatic rings. The Morgan fingerprint density at radius 2 is 1.83 bits per heavy atom. The molecule has 6 heteroatoms. The highest BCUT2D eigenvalue weighted by atomic mass is 16.4. The number of carboxylic acid groups (broad SMARTS) is 1. The number of hydrogen-bond donors (Lipinski definition) is 2. The van der Waals surface area contributed by atoms with Gasteiger partial charge in [0.15, 0.2) is 0 Å². The van der Waals surface area contributed by atoms with Gasteiger partial charge in [0.05, 0.1) is 6.54 Å². The molecule has 1 fully saturated rings. The highest BCUT2D eigenvalue weighted by molar-refractivity contribution is 5.86. The number of piperidine rings is 1. The van der Waals surface area contributed by atoms with Gasteiger partial charge in [0.25, 0.3) is 0 Å². The van der Waals surface area contributed by atoms with Crippen LogP contribution in [-0.4, -0.2) is 51.5 Å². The van der Waals surface area contributed by atoms with Crippen molar-refractivity contribution in [2.45, 2.75) is 25.8 Å². The second-order valence-electron chi connectivity index (χ2n) is 6.68. The number of likely N-dealkylation sites (tertiary alicyclic amines) is 1. The largest absolute Gasteiger partial charge is 0.465 e. The number of benzene rings is 1. The molecule has 2 aromatic rings. The lowest BCUT2D eigenvalue weighted by Gasteiger charge is -2.34. The number of rotatable bonds is 1. The second-order valence-corrected chi connectivity index (χ2v) is 6.68. The summed E-state index contributed by atoms with van der Waals surface area (Å²) >= 11 is 0. The lowest BCUT2D eigenvalue weighted by molar-refractivity contribution is -0.138. The third-order valence-corrected chi connectivity index (χ3v) is 5.31. The van der Waals surface area contributed by atoms with Gasteiger partial charge in [0.1, 0.15) is 0 Å². The number of aromatic amines is 1. The Hall–Kier alpha value is -2.50. The van der Waals surface area contributed by atoms with E-state index >= 15 is 0 Å². The summed E-state index contributed by atoms with van der Waals surface area (Å²) in [6, 6.07) is 8.26. The molecule has 6 nitrogen and oxygen atoms in total. The SMILES string of the molecule is O=C(O)N1CCC(C(=O)N2CCc3c([nH]c4ccccc34)C2)CC1. The first kappa shape index (κ1) is 15.1. The minimum atomic E-state index is -0.887. The molecule has 0 atom stereocenters. The van der Waals surface area contributed by atoms with Gasteiger partial charge in [0.2, 0.25) is 5.91 Å². The van der Waals surface area contributed by atoms with Gasteiger partial charge in [-0.3, -0.25) is 4.79 Å². The molecule has 126 valence electrons. The molecule has 2 aliphatic heterocycles. The van der Waals surface area contributed by atoms with Crippen LogP contribution in [0.15, 0.2) is 24.3 Å². The molecule has 2 N–H and O–H groups in total. The Bertz CT molecular complexity index is 790. The van der Waals surface area contributed by atoms with Gasteiger partial charge < -0.3 is 19.9 Å². The van der Waals surface area contributed by atoms with E-state index in [9.17, 15) is 9.59 Å². The average Bonchev–Trinajstić information content (AvgIpc) is 2.99. The van der Waals surface area contributed by atoms with Crippen molar-refractivity contribution in [2.75, 3.05) is 19.6 Å². The van der Waals surface area contributed by atoms with E-state index in [4.69, 9.17) is 5.11 Å². The third-order valence-electron chi connectivity index (χ3n) is 5.31. The van der Waals surface area contributed by atoms with Crippen LogP contribution in [0, 0.1) is 5.92 Å². The Morgan fingerprint density at radius 1 is 1.08 bits per heavy atom. The van der Waals surface area contributed by atoms with Gasteiger partial charge in [-0.2, -0.15) is 0 Å². The quantitative estimate of drug-likeness (QED) is 0.844. The van der Waals surface area contributed by atoms with Crippen molar-refractivity contribution in [2.24, 2.45) is 5.92 Å². The third kappa shape index (κ3) is 2.52. The number of H-pyrrole nitrogens is 1. The lowest BCUT2D eigenvalue weighted by Crippen LogP contribution is -2.45. The first-order chi connectivity index (χ1) is 11.6. The molecule has 3 heterocycles. The summed E-state index contributed by atoms with van der Waals surface area (Å²) in [5, 5.41) is 10.3. The molecule has 0 aliphatic carbocycles. The van der Waals surface area contributed by atoms with Crippen LogP contribution in [0.5, 0.6) is 0 Å². The van der Waals surface area contributed by atoms with Crippen LogP contribution >= 0.6 is 0 Å². The molecular formula is C18H21N3O3. The number of para-hydroxylation sites is 1. The minimum absolute atomic E-state index is 0.0495. The van der Waals surface area contributed by atoms with Crippen LogP contribution in [0.4, 0.5) is 4.79 Å².